The first-order valence-electron chi connectivity index (χ1n) is 7.97. The fraction of sp³-hybridized carbons (Fsp3) is 0.412. The van der Waals surface area contributed by atoms with E-state index >= 15 is 0 Å². The Labute approximate surface area is 136 Å². The summed E-state index contributed by atoms with van der Waals surface area (Å²) < 4.78 is 0. The van der Waals surface area contributed by atoms with E-state index in [2.05, 4.69) is 27.2 Å². The van der Waals surface area contributed by atoms with E-state index in [4.69, 9.17) is 0 Å². The molecule has 0 aromatic carbocycles. The normalized spacial score (nSPS) is 17.8. The van der Waals surface area contributed by atoms with Crippen LogP contribution in [0.25, 0.3) is 0 Å². The van der Waals surface area contributed by atoms with Crippen LogP contribution in [0.15, 0.2) is 36.8 Å². The van der Waals surface area contributed by atoms with Crippen LogP contribution in [0, 0.1) is 5.92 Å². The van der Waals surface area contributed by atoms with Crippen LogP contribution >= 0.6 is 0 Å². The van der Waals surface area contributed by atoms with Gasteiger partial charge in [-0.2, -0.15) is 0 Å². The van der Waals surface area contributed by atoms with Crippen molar-refractivity contribution in [1.29, 1.82) is 0 Å². The average Bonchev–Trinajstić information content (AvgIpc) is 2.61. The van der Waals surface area contributed by atoms with Crippen molar-refractivity contribution in [2.24, 2.45) is 5.92 Å². The zero-order chi connectivity index (χ0) is 16.1. The van der Waals surface area contributed by atoms with Gasteiger partial charge in [0.1, 0.15) is 0 Å². The smallest absolute Gasteiger partial charge is 0.257 e. The van der Waals surface area contributed by atoms with Crippen LogP contribution in [0.4, 0.5) is 5.95 Å². The summed E-state index contributed by atoms with van der Waals surface area (Å²) in [7, 11) is 0. The molecular formula is C17H21N5O. The third-order valence-electron chi connectivity index (χ3n) is 4.00. The SMILES string of the molecule is CC1CCCN(C(=O)c2cnc(NCc3ccccn3)nc2)C1. The third-order valence-corrected chi connectivity index (χ3v) is 4.00. The summed E-state index contributed by atoms with van der Waals surface area (Å²) in [6.45, 7) is 4.37. The Hall–Kier alpha value is -2.50. The molecule has 3 rings (SSSR count). The summed E-state index contributed by atoms with van der Waals surface area (Å²) in [6, 6.07) is 5.75. The number of anilines is 1. The number of aromatic nitrogens is 3. The van der Waals surface area contributed by atoms with Gasteiger partial charge in [-0.05, 0) is 30.9 Å². The van der Waals surface area contributed by atoms with Gasteiger partial charge < -0.3 is 10.2 Å². The van der Waals surface area contributed by atoms with Crippen LogP contribution in [0.5, 0.6) is 0 Å². The molecule has 0 saturated carbocycles. The van der Waals surface area contributed by atoms with Crippen LogP contribution in [-0.2, 0) is 6.54 Å². The highest BCUT2D eigenvalue weighted by Crippen LogP contribution is 2.17. The van der Waals surface area contributed by atoms with E-state index in [1.165, 1.54) is 6.42 Å². The molecular weight excluding hydrogens is 290 g/mol. The van der Waals surface area contributed by atoms with E-state index < -0.39 is 0 Å². The Morgan fingerprint density at radius 3 is 2.83 bits per heavy atom. The molecule has 23 heavy (non-hydrogen) atoms. The zero-order valence-corrected chi connectivity index (χ0v) is 13.3. The van der Waals surface area contributed by atoms with Crippen molar-refractivity contribution >= 4 is 11.9 Å². The molecule has 6 heteroatoms. The average molecular weight is 311 g/mol. The number of carbonyl (C=O) groups is 1. The lowest BCUT2D eigenvalue weighted by Gasteiger charge is -2.30. The number of carbonyl (C=O) groups excluding carboxylic acids is 1. The molecule has 0 spiro atoms. The molecule has 1 N–H and O–H groups in total. The second kappa shape index (κ2) is 7.17. The van der Waals surface area contributed by atoms with Gasteiger partial charge in [0.2, 0.25) is 5.95 Å². The number of piperidine rings is 1. The van der Waals surface area contributed by atoms with Crippen molar-refractivity contribution in [2.75, 3.05) is 18.4 Å². The highest BCUT2D eigenvalue weighted by atomic mass is 16.2. The minimum absolute atomic E-state index is 0.0211. The van der Waals surface area contributed by atoms with E-state index in [9.17, 15) is 4.79 Å². The summed E-state index contributed by atoms with van der Waals surface area (Å²) in [5.41, 5.74) is 1.46. The fourth-order valence-corrected chi connectivity index (χ4v) is 2.76. The number of likely N-dealkylation sites (tertiary alicyclic amines) is 1. The largest absolute Gasteiger partial charge is 0.349 e. The summed E-state index contributed by atoms with van der Waals surface area (Å²) in [5, 5.41) is 3.10. The van der Waals surface area contributed by atoms with E-state index in [0.717, 1.165) is 25.2 Å². The summed E-state index contributed by atoms with van der Waals surface area (Å²) in [4.78, 5) is 27.0. The molecule has 1 unspecified atom stereocenters. The molecule has 1 atom stereocenters. The van der Waals surface area contributed by atoms with E-state index in [1.54, 1.807) is 18.6 Å². The summed E-state index contributed by atoms with van der Waals surface area (Å²) in [6.07, 6.45) is 7.19. The zero-order valence-electron chi connectivity index (χ0n) is 13.3. The molecule has 2 aromatic heterocycles. The van der Waals surface area contributed by atoms with Crippen LogP contribution in [0.1, 0.15) is 35.8 Å². The first-order valence-corrected chi connectivity index (χ1v) is 7.97. The standard InChI is InChI=1S/C17H21N5O/c1-13-5-4-8-22(12-13)16(23)14-9-19-17(20-10-14)21-11-15-6-2-3-7-18-15/h2-3,6-7,9-10,13H,4-5,8,11-12H2,1H3,(H,19,20,21). The maximum absolute atomic E-state index is 12.5. The van der Waals surface area contributed by atoms with Crippen LogP contribution in [0.3, 0.4) is 0 Å². The van der Waals surface area contributed by atoms with Crippen molar-refractivity contribution in [3.8, 4) is 0 Å². The first-order chi connectivity index (χ1) is 11.2. The second-order valence-corrected chi connectivity index (χ2v) is 5.97. The van der Waals surface area contributed by atoms with Crippen molar-refractivity contribution < 1.29 is 4.79 Å². The lowest BCUT2D eigenvalue weighted by atomic mass is 10.00. The molecule has 6 nitrogen and oxygen atoms in total. The lowest BCUT2D eigenvalue weighted by Crippen LogP contribution is -2.39. The Balaban J connectivity index is 1.59. The lowest BCUT2D eigenvalue weighted by molar-refractivity contribution is 0.0682. The molecule has 0 aliphatic carbocycles. The predicted octanol–water partition coefficient (Wildman–Crippen LogP) is 2.36. The van der Waals surface area contributed by atoms with Crippen LogP contribution in [-0.4, -0.2) is 38.8 Å². The van der Waals surface area contributed by atoms with Crippen molar-refractivity contribution in [2.45, 2.75) is 26.3 Å². The Kier molecular flexibility index (Phi) is 4.80. The van der Waals surface area contributed by atoms with Crippen LogP contribution < -0.4 is 5.32 Å². The third kappa shape index (κ3) is 4.03. The molecule has 120 valence electrons. The van der Waals surface area contributed by atoms with Crippen molar-refractivity contribution in [1.82, 2.24) is 19.9 Å². The number of nitrogens with zero attached hydrogens (tertiary/aromatic N) is 4. The van der Waals surface area contributed by atoms with E-state index in [0.29, 0.717) is 24.0 Å². The molecule has 1 saturated heterocycles. The quantitative estimate of drug-likeness (QED) is 0.938. The van der Waals surface area contributed by atoms with Gasteiger partial charge in [-0.25, -0.2) is 9.97 Å². The number of rotatable bonds is 4. The van der Waals surface area contributed by atoms with Crippen molar-refractivity contribution in [3.63, 3.8) is 0 Å². The predicted molar refractivity (Wildman–Crippen MR) is 87.9 cm³/mol. The molecule has 0 bridgehead atoms. The molecule has 1 amide bonds. The molecule has 1 fully saturated rings. The van der Waals surface area contributed by atoms with Gasteiger partial charge in [0.05, 0.1) is 17.8 Å². The van der Waals surface area contributed by atoms with Gasteiger partial charge in [0, 0.05) is 31.7 Å². The van der Waals surface area contributed by atoms with E-state index in [1.807, 2.05) is 23.1 Å². The van der Waals surface area contributed by atoms with Crippen molar-refractivity contribution in [3.05, 3.63) is 48.0 Å². The molecule has 1 aliphatic heterocycles. The first kappa shape index (κ1) is 15.4. The maximum Gasteiger partial charge on any atom is 0.257 e. The number of amides is 1. The highest BCUT2D eigenvalue weighted by molar-refractivity contribution is 5.93. The molecule has 0 radical (unpaired) electrons. The van der Waals surface area contributed by atoms with Gasteiger partial charge in [-0.15, -0.1) is 0 Å². The Morgan fingerprint density at radius 2 is 2.13 bits per heavy atom. The number of nitrogens with one attached hydrogen (secondary N) is 1. The number of pyridine rings is 1. The molecule has 3 heterocycles. The van der Waals surface area contributed by atoms with Crippen LogP contribution in [0.2, 0.25) is 0 Å². The fourth-order valence-electron chi connectivity index (χ4n) is 2.76. The molecule has 1 aliphatic rings. The summed E-state index contributed by atoms with van der Waals surface area (Å²) >= 11 is 0. The summed E-state index contributed by atoms with van der Waals surface area (Å²) in [5.74, 6) is 1.08. The second-order valence-electron chi connectivity index (χ2n) is 5.97. The topological polar surface area (TPSA) is 71.0 Å². The number of hydrogen-bond donors (Lipinski definition) is 1. The minimum atomic E-state index is 0.0211. The van der Waals surface area contributed by atoms with Gasteiger partial charge in [-0.3, -0.25) is 9.78 Å². The number of hydrogen-bond acceptors (Lipinski definition) is 5. The highest BCUT2D eigenvalue weighted by Gasteiger charge is 2.22. The Bertz CT molecular complexity index is 644. The van der Waals surface area contributed by atoms with Gasteiger partial charge >= 0.3 is 0 Å². The Morgan fingerprint density at radius 1 is 1.30 bits per heavy atom. The van der Waals surface area contributed by atoms with Gasteiger partial charge in [-0.1, -0.05) is 13.0 Å². The van der Waals surface area contributed by atoms with E-state index in [-0.39, 0.29) is 5.91 Å². The minimum Gasteiger partial charge on any atom is -0.349 e. The monoisotopic (exact) mass is 311 g/mol. The van der Waals surface area contributed by atoms with Gasteiger partial charge in [0.15, 0.2) is 0 Å². The molecule has 2 aromatic rings. The van der Waals surface area contributed by atoms with Gasteiger partial charge in [0.25, 0.3) is 5.91 Å². The maximum atomic E-state index is 12.5.